The van der Waals surface area contributed by atoms with Crippen molar-refractivity contribution < 1.29 is 9.59 Å². The van der Waals surface area contributed by atoms with Gasteiger partial charge in [-0.3, -0.25) is 9.59 Å². The summed E-state index contributed by atoms with van der Waals surface area (Å²) in [6.07, 6.45) is 3.71. The molecule has 1 aliphatic rings. The van der Waals surface area contributed by atoms with Crippen molar-refractivity contribution in [3.63, 3.8) is 0 Å². The van der Waals surface area contributed by atoms with Gasteiger partial charge in [-0.15, -0.1) is 0 Å². The zero-order chi connectivity index (χ0) is 16.7. The van der Waals surface area contributed by atoms with Gasteiger partial charge in [0, 0.05) is 39.0 Å². The maximum atomic E-state index is 12.4. The molecule has 0 spiro atoms. The van der Waals surface area contributed by atoms with Crippen molar-refractivity contribution in [3.05, 3.63) is 35.4 Å². The van der Waals surface area contributed by atoms with Crippen molar-refractivity contribution in [2.24, 2.45) is 0 Å². The van der Waals surface area contributed by atoms with Gasteiger partial charge in [0.1, 0.15) is 0 Å². The molecule has 0 N–H and O–H groups in total. The highest BCUT2D eigenvalue weighted by Crippen LogP contribution is 2.11. The Labute approximate surface area is 139 Å². The van der Waals surface area contributed by atoms with Crippen LogP contribution in [-0.2, 0) is 16.0 Å². The molecule has 0 radical (unpaired) electrons. The number of hydrogen-bond donors (Lipinski definition) is 0. The van der Waals surface area contributed by atoms with E-state index in [1.54, 1.807) is 0 Å². The number of aryl methyl sites for hydroxylation is 2. The zero-order valence-electron chi connectivity index (χ0n) is 14.4. The first-order chi connectivity index (χ1) is 11.1. The van der Waals surface area contributed by atoms with Crippen molar-refractivity contribution in [3.8, 4) is 0 Å². The van der Waals surface area contributed by atoms with Crippen molar-refractivity contribution in [2.45, 2.75) is 46.0 Å². The van der Waals surface area contributed by atoms with E-state index in [9.17, 15) is 9.59 Å². The van der Waals surface area contributed by atoms with Gasteiger partial charge in [-0.25, -0.2) is 0 Å². The van der Waals surface area contributed by atoms with E-state index in [1.807, 2.05) is 22.8 Å². The summed E-state index contributed by atoms with van der Waals surface area (Å²) < 4.78 is 0. The van der Waals surface area contributed by atoms with E-state index < -0.39 is 0 Å². The summed E-state index contributed by atoms with van der Waals surface area (Å²) in [4.78, 5) is 28.3. The Morgan fingerprint density at radius 3 is 2.26 bits per heavy atom. The van der Waals surface area contributed by atoms with Crippen LogP contribution in [0.5, 0.6) is 0 Å². The van der Waals surface area contributed by atoms with E-state index in [0.717, 1.165) is 32.4 Å². The topological polar surface area (TPSA) is 40.6 Å². The van der Waals surface area contributed by atoms with Gasteiger partial charge in [-0.2, -0.15) is 0 Å². The Kier molecular flexibility index (Phi) is 6.63. The van der Waals surface area contributed by atoms with Crippen LogP contribution in [0.15, 0.2) is 24.3 Å². The number of rotatable bonds is 5. The number of amides is 2. The van der Waals surface area contributed by atoms with Crippen LogP contribution in [-0.4, -0.2) is 47.8 Å². The number of nitrogens with zero attached hydrogens (tertiary/aromatic N) is 2. The smallest absolute Gasteiger partial charge is 0.222 e. The minimum Gasteiger partial charge on any atom is -0.341 e. The first-order valence-electron chi connectivity index (χ1n) is 8.71. The molecule has 23 heavy (non-hydrogen) atoms. The van der Waals surface area contributed by atoms with Crippen LogP contribution >= 0.6 is 0 Å². The highest BCUT2D eigenvalue weighted by atomic mass is 16.2. The molecule has 1 aromatic rings. The molecule has 1 saturated heterocycles. The van der Waals surface area contributed by atoms with Gasteiger partial charge < -0.3 is 9.80 Å². The Hall–Kier alpha value is -1.84. The van der Waals surface area contributed by atoms with E-state index in [4.69, 9.17) is 0 Å². The van der Waals surface area contributed by atoms with Gasteiger partial charge >= 0.3 is 0 Å². The maximum absolute atomic E-state index is 12.4. The van der Waals surface area contributed by atoms with Gasteiger partial charge in [-0.1, -0.05) is 36.8 Å². The SMILES string of the molecule is CCCC(=O)N1CCCN(C(=O)CCc2cccc(C)c2)CC1. The second kappa shape index (κ2) is 8.70. The summed E-state index contributed by atoms with van der Waals surface area (Å²) >= 11 is 0. The molecule has 0 saturated carbocycles. The molecule has 4 nitrogen and oxygen atoms in total. The second-order valence-electron chi connectivity index (χ2n) is 6.35. The van der Waals surface area contributed by atoms with E-state index in [2.05, 4.69) is 25.1 Å². The summed E-state index contributed by atoms with van der Waals surface area (Å²) in [5, 5.41) is 0. The Balaban J connectivity index is 1.82. The van der Waals surface area contributed by atoms with Gasteiger partial charge in [-0.05, 0) is 31.7 Å². The Morgan fingerprint density at radius 1 is 1.00 bits per heavy atom. The van der Waals surface area contributed by atoms with Crippen LogP contribution in [0.1, 0.15) is 43.7 Å². The van der Waals surface area contributed by atoms with E-state index in [-0.39, 0.29) is 11.8 Å². The van der Waals surface area contributed by atoms with Crippen molar-refractivity contribution >= 4 is 11.8 Å². The molecule has 0 unspecified atom stereocenters. The molecule has 4 heteroatoms. The zero-order valence-corrected chi connectivity index (χ0v) is 14.4. The summed E-state index contributed by atoms with van der Waals surface area (Å²) in [5.41, 5.74) is 2.45. The molecule has 1 fully saturated rings. The third kappa shape index (κ3) is 5.38. The number of carbonyl (C=O) groups is 2. The molecule has 126 valence electrons. The summed E-state index contributed by atoms with van der Waals surface area (Å²) in [6.45, 7) is 6.99. The van der Waals surface area contributed by atoms with E-state index in [0.29, 0.717) is 25.9 Å². The minimum atomic E-state index is 0.205. The quantitative estimate of drug-likeness (QED) is 0.838. The molecule has 0 aliphatic carbocycles. The molecule has 1 heterocycles. The summed E-state index contributed by atoms with van der Waals surface area (Å²) in [7, 11) is 0. The molecule has 1 aromatic carbocycles. The lowest BCUT2D eigenvalue weighted by Crippen LogP contribution is -2.37. The Morgan fingerprint density at radius 2 is 1.65 bits per heavy atom. The lowest BCUT2D eigenvalue weighted by Gasteiger charge is -2.22. The third-order valence-electron chi connectivity index (χ3n) is 4.38. The van der Waals surface area contributed by atoms with Gasteiger partial charge in [0.25, 0.3) is 0 Å². The van der Waals surface area contributed by atoms with E-state index >= 15 is 0 Å². The lowest BCUT2D eigenvalue weighted by atomic mass is 10.1. The fourth-order valence-corrected chi connectivity index (χ4v) is 3.07. The van der Waals surface area contributed by atoms with Crippen molar-refractivity contribution in [1.82, 2.24) is 9.80 Å². The standard InChI is InChI=1S/C19H28N2O2/c1-3-6-18(22)20-11-5-12-21(14-13-20)19(23)10-9-17-8-4-7-16(2)15-17/h4,7-8,15H,3,5-6,9-14H2,1-2H3. The molecular formula is C19H28N2O2. The van der Waals surface area contributed by atoms with Crippen LogP contribution < -0.4 is 0 Å². The lowest BCUT2D eigenvalue weighted by molar-refractivity contribution is -0.133. The van der Waals surface area contributed by atoms with Crippen LogP contribution in [0.4, 0.5) is 0 Å². The van der Waals surface area contributed by atoms with Crippen LogP contribution in [0, 0.1) is 6.92 Å². The number of hydrogen-bond acceptors (Lipinski definition) is 2. The second-order valence-corrected chi connectivity index (χ2v) is 6.35. The molecule has 0 atom stereocenters. The molecular weight excluding hydrogens is 288 g/mol. The van der Waals surface area contributed by atoms with E-state index in [1.165, 1.54) is 11.1 Å². The largest absolute Gasteiger partial charge is 0.341 e. The first-order valence-corrected chi connectivity index (χ1v) is 8.71. The molecule has 0 bridgehead atoms. The number of benzene rings is 1. The summed E-state index contributed by atoms with van der Waals surface area (Å²) in [6, 6.07) is 8.33. The third-order valence-corrected chi connectivity index (χ3v) is 4.38. The fraction of sp³-hybridized carbons (Fsp3) is 0.579. The highest BCUT2D eigenvalue weighted by molar-refractivity contribution is 5.78. The number of carbonyl (C=O) groups excluding carboxylic acids is 2. The normalized spacial score (nSPS) is 15.4. The minimum absolute atomic E-state index is 0.205. The van der Waals surface area contributed by atoms with Crippen LogP contribution in [0.2, 0.25) is 0 Å². The average molecular weight is 316 g/mol. The first kappa shape index (κ1) is 17.5. The van der Waals surface area contributed by atoms with Crippen molar-refractivity contribution in [2.75, 3.05) is 26.2 Å². The van der Waals surface area contributed by atoms with Crippen LogP contribution in [0.25, 0.3) is 0 Å². The van der Waals surface area contributed by atoms with Crippen LogP contribution in [0.3, 0.4) is 0 Å². The van der Waals surface area contributed by atoms with Gasteiger partial charge in [0.2, 0.25) is 11.8 Å². The molecule has 2 rings (SSSR count). The Bertz CT molecular complexity index is 542. The predicted molar refractivity (Wildman–Crippen MR) is 92.2 cm³/mol. The molecule has 0 aromatic heterocycles. The predicted octanol–water partition coefficient (Wildman–Crippen LogP) is 2.79. The van der Waals surface area contributed by atoms with Gasteiger partial charge in [0.15, 0.2) is 0 Å². The molecule has 2 amide bonds. The fourth-order valence-electron chi connectivity index (χ4n) is 3.07. The van der Waals surface area contributed by atoms with Gasteiger partial charge in [0.05, 0.1) is 0 Å². The molecule has 1 aliphatic heterocycles. The van der Waals surface area contributed by atoms with Crippen molar-refractivity contribution in [1.29, 1.82) is 0 Å². The maximum Gasteiger partial charge on any atom is 0.222 e. The highest BCUT2D eigenvalue weighted by Gasteiger charge is 2.21. The monoisotopic (exact) mass is 316 g/mol. The average Bonchev–Trinajstić information content (AvgIpc) is 2.79. The summed E-state index contributed by atoms with van der Waals surface area (Å²) in [5.74, 6) is 0.429.